The first kappa shape index (κ1) is 56.7. The normalized spacial score (nSPS) is 18.1. The van der Waals surface area contributed by atoms with Crippen molar-refractivity contribution in [1.29, 1.82) is 0 Å². The first-order chi connectivity index (χ1) is 37.1. The highest BCUT2D eigenvalue weighted by Crippen LogP contribution is 2.41. The van der Waals surface area contributed by atoms with Crippen LogP contribution in [0.5, 0.6) is 5.75 Å². The van der Waals surface area contributed by atoms with Crippen LogP contribution in [0.25, 0.3) is 21.8 Å². The summed E-state index contributed by atoms with van der Waals surface area (Å²) in [5.41, 5.74) is 4.26. The average Bonchev–Trinajstić information content (AvgIpc) is 3.92. The minimum absolute atomic E-state index is 0.0350. The third kappa shape index (κ3) is 13.4. The maximum atomic E-state index is 14.8. The van der Waals surface area contributed by atoms with Crippen LogP contribution in [0, 0.1) is 12.3 Å². The third-order valence-corrected chi connectivity index (χ3v) is 15.5. The Bertz CT molecular complexity index is 3060. The molecule has 5 atom stereocenters. The molecule has 414 valence electrons. The second-order valence-electron chi connectivity index (χ2n) is 21.8. The SMILES string of the molecule is Cc1ncsc1-c1ccc([C@H](CC(=O)NCCCCCCNC(=O)c2ccc3c(c2)[C@H](NC(=O)c2cc(-c4ccc(C(=O)N(C)C)c(O)c4)on2)CC3)NC(=O)[C@@H]2C[C@@H](O)CN2C(=O)[C@@H](NC(=O)C2(F)CC2)C(C)(C)C)cc1. The number of phenols is 1. The van der Waals surface area contributed by atoms with Crippen LogP contribution in [0.2, 0.25) is 0 Å². The van der Waals surface area contributed by atoms with E-state index in [2.05, 4.69) is 36.7 Å². The lowest BCUT2D eigenvalue weighted by atomic mass is 9.85. The van der Waals surface area contributed by atoms with Crippen LogP contribution in [-0.4, -0.2) is 129 Å². The van der Waals surface area contributed by atoms with Gasteiger partial charge in [0, 0.05) is 57.3 Å². The molecule has 1 saturated heterocycles. The minimum Gasteiger partial charge on any atom is -0.507 e. The largest absolute Gasteiger partial charge is 0.507 e. The fraction of sp³-hybridized carbons (Fsp3) is 0.456. The van der Waals surface area contributed by atoms with E-state index in [1.54, 1.807) is 58.6 Å². The lowest BCUT2D eigenvalue weighted by Crippen LogP contribution is -2.59. The van der Waals surface area contributed by atoms with Crippen LogP contribution in [0.1, 0.15) is 144 Å². The Hall–Kier alpha value is -7.52. The Kier molecular flexibility index (Phi) is 17.5. The van der Waals surface area contributed by atoms with Crippen molar-refractivity contribution in [3.8, 4) is 27.5 Å². The van der Waals surface area contributed by atoms with Crippen LogP contribution in [0.3, 0.4) is 0 Å². The van der Waals surface area contributed by atoms with Crippen LogP contribution in [-0.2, 0) is 25.6 Å². The van der Waals surface area contributed by atoms with Gasteiger partial charge in [-0.2, -0.15) is 0 Å². The molecule has 2 fully saturated rings. The Labute approximate surface area is 456 Å². The Morgan fingerprint density at radius 1 is 0.897 bits per heavy atom. The number of nitrogens with one attached hydrogen (secondary N) is 5. The molecule has 2 aromatic heterocycles. The summed E-state index contributed by atoms with van der Waals surface area (Å²) in [6.07, 6.45) is 3.17. The number of phenolic OH excluding ortho intramolecular Hbond substituents is 1. The summed E-state index contributed by atoms with van der Waals surface area (Å²) in [6.45, 7) is 7.75. The van der Waals surface area contributed by atoms with E-state index in [1.165, 1.54) is 39.3 Å². The summed E-state index contributed by atoms with van der Waals surface area (Å²) >= 11 is 1.50. The van der Waals surface area contributed by atoms with E-state index in [1.807, 2.05) is 37.3 Å². The molecule has 0 spiro atoms. The van der Waals surface area contributed by atoms with Crippen molar-refractivity contribution in [1.82, 2.24) is 46.5 Å². The zero-order chi connectivity index (χ0) is 56.1. The smallest absolute Gasteiger partial charge is 0.273 e. The fourth-order valence-corrected chi connectivity index (χ4v) is 10.6. The number of hydrogen-bond acceptors (Lipinski definition) is 13. The molecule has 1 saturated carbocycles. The lowest BCUT2D eigenvalue weighted by Gasteiger charge is -2.36. The van der Waals surface area contributed by atoms with Crippen LogP contribution >= 0.6 is 11.3 Å². The number of carbonyl (C=O) groups is 7. The molecular formula is C57H68FN9O10S. The number of aryl methyl sites for hydroxylation is 2. The molecule has 19 nitrogen and oxygen atoms in total. The molecule has 21 heteroatoms. The van der Waals surface area contributed by atoms with Gasteiger partial charge in [0.2, 0.25) is 17.7 Å². The number of rotatable bonds is 21. The minimum atomic E-state index is -2.02. The summed E-state index contributed by atoms with van der Waals surface area (Å²) in [4.78, 5) is 102. The van der Waals surface area contributed by atoms with Gasteiger partial charge >= 0.3 is 0 Å². The number of alkyl halides is 1. The van der Waals surface area contributed by atoms with Gasteiger partial charge in [0.05, 0.1) is 46.3 Å². The molecule has 1 aliphatic heterocycles. The first-order valence-corrected chi connectivity index (χ1v) is 27.3. The number of likely N-dealkylation sites (tertiary alicyclic amines) is 1. The van der Waals surface area contributed by atoms with E-state index >= 15 is 0 Å². The maximum absolute atomic E-state index is 14.8. The molecule has 8 rings (SSSR count). The van der Waals surface area contributed by atoms with Crippen molar-refractivity contribution in [3.05, 3.63) is 111 Å². The summed E-state index contributed by atoms with van der Waals surface area (Å²) in [7, 11) is 3.16. The van der Waals surface area contributed by atoms with E-state index < -0.39 is 58.9 Å². The molecule has 2 aliphatic carbocycles. The van der Waals surface area contributed by atoms with Crippen molar-refractivity contribution in [3.63, 3.8) is 0 Å². The number of nitrogens with zero attached hydrogens (tertiary/aromatic N) is 4. The number of aromatic nitrogens is 2. The number of β-amino-alcohol motifs (C(OH)–C–C–N with tert-alkyl or cyclic N) is 1. The number of carbonyl (C=O) groups excluding carboxylic acids is 7. The van der Waals surface area contributed by atoms with E-state index in [0.717, 1.165) is 40.1 Å². The third-order valence-electron chi connectivity index (χ3n) is 14.5. The summed E-state index contributed by atoms with van der Waals surface area (Å²) in [5, 5.41) is 39.7. The molecule has 5 aromatic rings. The van der Waals surface area contributed by atoms with E-state index in [0.29, 0.717) is 55.5 Å². The second kappa shape index (κ2) is 24.0. The van der Waals surface area contributed by atoms with Crippen molar-refractivity contribution < 1.29 is 52.7 Å². The highest BCUT2D eigenvalue weighted by Gasteiger charge is 2.53. The molecule has 7 amide bonds. The quantitative estimate of drug-likeness (QED) is 0.0403. The summed E-state index contributed by atoms with van der Waals surface area (Å²) in [6, 6.07) is 15.4. The van der Waals surface area contributed by atoms with Gasteiger partial charge in [-0.15, -0.1) is 11.3 Å². The topological polar surface area (TPSA) is 266 Å². The van der Waals surface area contributed by atoms with Gasteiger partial charge in [-0.05, 0) is 97.4 Å². The molecular weight excluding hydrogens is 1020 g/mol. The highest BCUT2D eigenvalue weighted by molar-refractivity contribution is 7.13. The van der Waals surface area contributed by atoms with E-state index in [9.17, 15) is 48.2 Å². The molecule has 0 radical (unpaired) electrons. The number of amides is 7. The van der Waals surface area contributed by atoms with Gasteiger partial charge in [-0.3, -0.25) is 33.6 Å². The number of thiazole rings is 1. The molecule has 3 aliphatic rings. The average molecular weight is 1090 g/mol. The number of benzene rings is 3. The molecule has 3 heterocycles. The highest BCUT2D eigenvalue weighted by atomic mass is 32.1. The van der Waals surface area contributed by atoms with Gasteiger partial charge < -0.3 is 51.1 Å². The van der Waals surface area contributed by atoms with Gasteiger partial charge in [0.15, 0.2) is 17.1 Å². The number of hydrogen-bond donors (Lipinski definition) is 7. The molecule has 3 aromatic carbocycles. The second-order valence-corrected chi connectivity index (χ2v) is 22.6. The van der Waals surface area contributed by atoms with E-state index in [-0.39, 0.29) is 78.8 Å². The Balaban J connectivity index is 0.801. The number of fused-ring (bicyclic) bond motifs is 1. The fourth-order valence-electron chi connectivity index (χ4n) is 9.83. The number of aliphatic hydroxyl groups excluding tert-OH is 1. The predicted octanol–water partition coefficient (Wildman–Crippen LogP) is 6.25. The molecule has 7 N–H and O–H groups in total. The number of aliphatic hydroxyl groups is 1. The first-order valence-electron chi connectivity index (χ1n) is 26.4. The van der Waals surface area contributed by atoms with Crippen LogP contribution in [0.4, 0.5) is 4.39 Å². The Morgan fingerprint density at radius 2 is 1.60 bits per heavy atom. The number of unbranched alkanes of at least 4 members (excludes halogenated alkanes) is 3. The van der Waals surface area contributed by atoms with Crippen molar-refractivity contribution in [2.24, 2.45) is 5.41 Å². The molecule has 0 bridgehead atoms. The van der Waals surface area contributed by atoms with Gasteiger partial charge in [0.25, 0.3) is 23.6 Å². The summed E-state index contributed by atoms with van der Waals surface area (Å²) in [5.74, 6) is -3.44. The monoisotopic (exact) mass is 1090 g/mol. The maximum Gasteiger partial charge on any atom is 0.273 e. The van der Waals surface area contributed by atoms with Gasteiger partial charge in [-0.25, -0.2) is 9.37 Å². The van der Waals surface area contributed by atoms with E-state index in [4.69, 9.17) is 4.52 Å². The van der Waals surface area contributed by atoms with Crippen molar-refractivity contribution in [2.45, 2.75) is 128 Å². The number of aromatic hydroxyl groups is 1. The van der Waals surface area contributed by atoms with Gasteiger partial charge in [-0.1, -0.05) is 75.2 Å². The summed E-state index contributed by atoms with van der Waals surface area (Å²) < 4.78 is 20.2. The lowest BCUT2D eigenvalue weighted by molar-refractivity contribution is -0.145. The van der Waals surface area contributed by atoms with Crippen molar-refractivity contribution in [2.75, 3.05) is 33.7 Å². The standard InChI is InChI=1S/C57H68FN9O10S/c1-32-48(78-31-61-32)35-14-12-34(13-15-35)42(63-52(73)44-27-38(68)30-67(44)54(75)49(56(2,3)4)64-55(76)57(58)21-22-57)29-47(70)59-23-9-7-8-10-24-60-50(71)37-16-11-33-18-20-41(40(33)25-37)62-51(72)43-28-46(77-65-43)36-17-19-39(45(69)26-36)53(74)66(5)6/h11-17,19,25-26,28,31,38,41-42,44,49,68-69H,7-10,18,20-24,27,29-30H2,1-6H3,(H,59,70)(H,60,71)(H,62,72)(H,63,73)(H,64,76)/t38-,41-,42+,44+,49-/m1/s1. The number of halogens is 1. The zero-order valence-electron chi connectivity index (χ0n) is 44.7. The zero-order valence-corrected chi connectivity index (χ0v) is 45.6. The van der Waals surface area contributed by atoms with Crippen molar-refractivity contribution >= 4 is 52.7 Å². The van der Waals surface area contributed by atoms with Gasteiger partial charge in [0.1, 0.15) is 17.8 Å². The van der Waals surface area contributed by atoms with Crippen LogP contribution in [0.15, 0.2) is 76.8 Å². The molecule has 0 unspecified atom stereocenters. The predicted molar refractivity (Wildman–Crippen MR) is 289 cm³/mol. The Morgan fingerprint density at radius 3 is 2.26 bits per heavy atom. The van der Waals surface area contributed by atoms with Crippen LogP contribution < -0.4 is 26.6 Å². The molecule has 78 heavy (non-hydrogen) atoms.